The van der Waals surface area contributed by atoms with Crippen LogP contribution in [0, 0.1) is 20.8 Å². The van der Waals surface area contributed by atoms with Gasteiger partial charge in [0.2, 0.25) is 0 Å². The highest BCUT2D eigenvalue weighted by Crippen LogP contribution is 2.46. The number of rotatable bonds is 5. The largest absolute Gasteiger partial charge is 0.457 e. The summed E-state index contributed by atoms with van der Waals surface area (Å²) in [6.45, 7) is 6.03. The van der Waals surface area contributed by atoms with Gasteiger partial charge in [-0.2, -0.15) is 0 Å². The highest BCUT2D eigenvalue weighted by molar-refractivity contribution is 5.85. The topological polar surface area (TPSA) is 70.5 Å². The summed E-state index contributed by atoms with van der Waals surface area (Å²) >= 11 is 0. The summed E-state index contributed by atoms with van der Waals surface area (Å²) in [4.78, 5) is 0. The molecule has 0 aliphatic heterocycles. The third kappa shape index (κ3) is 4.05. The monoisotopic (exact) mass is 410 g/mol. The molecule has 4 rings (SSSR count). The summed E-state index contributed by atoms with van der Waals surface area (Å²) in [6, 6.07) is 25.4. The van der Waals surface area contributed by atoms with Crippen molar-refractivity contribution >= 4 is 11.4 Å². The van der Waals surface area contributed by atoms with Crippen molar-refractivity contribution in [1.29, 1.82) is 0 Å². The van der Waals surface area contributed by atoms with Gasteiger partial charge < -0.3 is 20.9 Å². The van der Waals surface area contributed by atoms with Crippen molar-refractivity contribution < 1.29 is 9.47 Å². The Morgan fingerprint density at radius 3 is 1.87 bits per heavy atom. The molecule has 0 aromatic heterocycles. The number of benzene rings is 4. The summed E-state index contributed by atoms with van der Waals surface area (Å²) in [5.41, 5.74) is 18.7. The molecular weight excluding hydrogens is 384 g/mol. The molecule has 4 N–H and O–H groups in total. The van der Waals surface area contributed by atoms with Crippen molar-refractivity contribution in [2.75, 3.05) is 11.5 Å². The van der Waals surface area contributed by atoms with Gasteiger partial charge in [-0.3, -0.25) is 0 Å². The molecule has 0 unspecified atom stereocenters. The van der Waals surface area contributed by atoms with Crippen molar-refractivity contribution in [2.45, 2.75) is 20.8 Å². The molecule has 0 atom stereocenters. The smallest absolute Gasteiger partial charge is 0.157 e. The zero-order valence-corrected chi connectivity index (χ0v) is 18.0. The predicted octanol–water partition coefficient (Wildman–Crippen LogP) is 7.03. The fourth-order valence-electron chi connectivity index (χ4n) is 3.56. The number of ether oxygens (including phenoxy) is 2. The number of hydrogen-bond donors (Lipinski definition) is 2. The summed E-state index contributed by atoms with van der Waals surface area (Å²) in [6.07, 6.45) is 0. The molecule has 0 spiro atoms. The standard InChI is InChI=1S/C27H26N2O2/c1-17-10-4-6-12-20(17)21-16-25(30-23-14-8-5-11-18(23)2)19(3)27(26(21)29)31-24-15-9-7-13-22(24)28/h4-16H,28-29H2,1-3H3. The van der Waals surface area contributed by atoms with Gasteiger partial charge in [0.05, 0.1) is 11.4 Å². The van der Waals surface area contributed by atoms with Gasteiger partial charge in [-0.05, 0) is 61.7 Å². The maximum atomic E-state index is 6.65. The fourth-order valence-corrected chi connectivity index (χ4v) is 3.56. The first-order valence-corrected chi connectivity index (χ1v) is 10.2. The highest BCUT2D eigenvalue weighted by atomic mass is 16.5. The van der Waals surface area contributed by atoms with E-state index in [0.717, 1.165) is 33.6 Å². The van der Waals surface area contributed by atoms with E-state index in [1.54, 1.807) is 6.07 Å². The van der Waals surface area contributed by atoms with E-state index in [0.29, 0.717) is 28.6 Å². The van der Waals surface area contributed by atoms with Gasteiger partial charge >= 0.3 is 0 Å². The van der Waals surface area contributed by atoms with E-state index in [1.165, 1.54) is 0 Å². The Morgan fingerprint density at radius 1 is 0.581 bits per heavy atom. The second-order valence-corrected chi connectivity index (χ2v) is 7.61. The minimum absolute atomic E-state index is 0.544. The first-order chi connectivity index (χ1) is 15.0. The van der Waals surface area contributed by atoms with Crippen LogP contribution in [0.2, 0.25) is 0 Å². The van der Waals surface area contributed by atoms with Gasteiger partial charge in [0, 0.05) is 11.1 Å². The lowest BCUT2D eigenvalue weighted by Crippen LogP contribution is -2.02. The normalized spacial score (nSPS) is 10.7. The van der Waals surface area contributed by atoms with Crippen LogP contribution >= 0.6 is 0 Å². The molecule has 0 fully saturated rings. The molecule has 0 bridgehead atoms. The summed E-state index contributed by atoms with van der Waals surface area (Å²) < 4.78 is 12.6. The quantitative estimate of drug-likeness (QED) is 0.347. The number of para-hydroxylation sites is 3. The van der Waals surface area contributed by atoms with Crippen molar-refractivity contribution in [1.82, 2.24) is 0 Å². The van der Waals surface area contributed by atoms with Crippen molar-refractivity contribution in [3.8, 4) is 34.1 Å². The molecule has 0 saturated heterocycles. The number of nitrogens with two attached hydrogens (primary N) is 2. The minimum Gasteiger partial charge on any atom is -0.457 e. The molecule has 156 valence electrons. The van der Waals surface area contributed by atoms with E-state index in [2.05, 4.69) is 19.1 Å². The van der Waals surface area contributed by atoms with Gasteiger partial charge in [-0.25, -0.2) is 0 Å². The third-order valence-corrected chi connectivity index (χ3v) is 5.40. The molecule has 0 heterocycles. The van der Waals surface area contributed by atoms with E-state index in [1.807, 2.05) is 74.5 Å². The van der Waals surface area contributed by atoms with Crippen LogP contribution in [0.3, 0.4) is 0 Å². The Morgan fingerprint density at radius 2 is 1.19 bits per heavy atom. The van der Waals surface area contributed by atoms with Gasteiger partial charge in [-0.1, -0.05) is 54.6 Å². The molecule has 0 saturated carbocycles. The lowest BCUT2D eigenvalue weighted by Gasteiger charge is -2.20. The zero-order valence-electron chi connectivity index (χ0n) is 18.0. The van der Waals surface area contributed by atoms with Crippen LogP contribution in [-0.2, 0) is 0 Å². The summed E-state index contributed by atoms with van der Waals surface area (Å²) in [5, 5.41) is 0. The van der Waals surface area contributed by atoms with Crippen LogP contribution in [0.15, 0.2) is 78.9 Å². The maximum absolute atomic E-state index is 6.65. The van der Waals surface area contributed by atoms with Gasteiger partial charge in [0.1, 0.15) is 17.2 Å². The van der Waals surface area contributed by atoms with Crippen LogP contribution in [0.25, 0.3) is 11.1 Å². The molecule has 4 aromatic carbocycles. The molecule has 0 radical (unpaired) electrons. The summed E-state index contributed by atoms with van der Waals surface area (Å²) in [5.74, 6) is 2.57. The Balaban J connectivity index is 1.90. The Kier molecular flexibility index (Phi) is 5.54. The molecule has 4 nitrogen and oxygen atoms in total. The molecule has 0 aliphatic carbocycles. The molecule has 0 aliphatic rings. The highest BCUT2D eigenvalue weighted by Gasteiger charge is 2.20. The second-order valence-electron chi connectivity index (χ2n) is 7.61. The molecular formula is C27H26N2O2. The molecule has 4 heteroatoms. The van der Waals surface area contributed by atoms with Crippen molar-refractivity contribution in [3.05, 3.63) is 95.6 Å². The Bertz CT molecular complexity index is 1250. The van der Waals surface area contributed by atoms with Crippen LogP contribution in [-0.4, -0.2) is 0 Å². The van der Waals surface area contributed by atoms with Crippen LogP contribution in [0.4, 0.5) is 11.4 Å². The van der Waals surface area contributed by atoms with Crippen molar-refractivity contribution in [2.24, 2.45) is 0 Å². The average Bonchev–Trinajstić information content (AvgIpc) is 2.76. The Hall–Kier alpha value is -3.92. The molecule has 0 amide bonds. The lowest BCUT2D eigenvalue weighted by atomic mass is 9.96. The minimum atomic E-state index is 0.544. The van der Waals surface area contributed by atoms with E-state index in [4.69, 9.17) is 20.9 Å². The van der Waals surface area contributed by atoms with Crippen molar-refractivity contribution in [3.63, 3.8) is 0 Å². The fraction of sp³-hybridized carbons (Fsp3) is 0.111. The van der Waals surface area contributed by atoms with E-state index >= 15 is 0 Å². The van der Waals surface area contributed by atoms with Crippen LogP contribution < -0.4 is 20.9 Å². The first kappa shape index (κ1) is 20.4. The average molecular weight is 411 g/mol. The lowest BCUT2D eigenvalue weighted by molar-refractivity contribution is 0.454. The SMILES string of the molecule is Cc1ccccc1Oc1cc(-c2ccccc2C)c(N)c(Oc2ccccc2N)c1C. The second kappa shape index (κ2) is 8.44. The van der Waals surface area contributed by atoms with Gasteiger partial charge in [-0.15, -0.1) is 0 Å². The van der Waals surface area contributed by atoms with E-state index in [-0.39, 0.29) is 0 Å². The number of hydrogen-bond acceptors (Lipinski definition) is 4. The van der Waals surface area contributed by atoms with Crippen LogP contribution in [0.1, 0.15) is 16.7 Å². The predicted molar refractivity (Wildman–Crippen MR) is 128 cm³/mol. The number of aryl methyl sites for hydroxylation is 2. The molecule has 4 aromatic rings. The number of anilines is 2. The first-order valence-electron chi connectivity index (χ1n) is 10.2. The van der Waals surface area contributed by atoms with Gasteiger partial charge in [0.25, 0.3) is 0 Å². The van der Waals surface area contributed by atoms with Gasteiger partial charge in [0.15, 0.2) is 5.75 Å². The zero-order chi connectivity index (χ0) is 22.0. The molecule has 31 heavy (non-hydrogen) atoms. The summed E-state index contributed by atoms with van der Waals surface area (Å²) in [7, 11) is 0. The van der Waals surface area contributed by atoms with Crippen LogP contribution in [0.5, 0.6) is 23.0 Å². The maximum Gasteiger partial charge on any atom is 0.157 e. The van der Waals surface area contributed by atoms with E-state index < -0.39 is 0 Å². The third-order valence-electron chi connectivity index (χ3n) is 5.40. The number of nitrogen functional groups attached to an aromatic ring is 2. The van der Waals surface area contributed by atoms with E-state index in [9.17, 15) is 0 Å². The Labute approximate surface area is 183 Å².